The summed E-state index contributed by atoms with van der Waals surface area (Å²) in [6, 6.07) is 20.0. The summed E-state index contributed by atoms with van der Waals surface area (Å²) in [7, 11) is 1.55. The summed E-state index contributed by atoms with van der Waals surface area (Å²) in [5.74, 6) is -1.95. The van der Waals surface area contributed by atoms with Gasteiger partial charge in [0.15, 0.2) is 0 Å². The highest BCUT2D eigenvalue weighted by molar-refractivity contribution is 6.30. The number of benzene rings is 3. The molecule has 3 aromatic carbocycles. The van der Waals surface area contributed by atoms with Crippen molar-refractivity contribution in [3.05, 3.63) is 89.5 Å². The molecule has 180 valence electrons. The van der Waals surface area contributed by atoms with Crippen molar-refractivity contribution >= 4 is 52.5 Å². The summed E-state index contributed by atoms with van der Waals surface area (Å²) in [5.41, 5.74) is 2.79. The van der Waals surface area contributed by atoms with Gasteiger partial charge in [0, 0.05) is 16.4 Å². The van der Waals surface area contributed by atoms with Crippen LogP contribution in [0.5, 0.6) is 5.75 Å². The summed E-state index contributed by atoms with van der Waals surface area (Å²) in [6.07, 6.45) is 3.89. The molecule has 0 bridgehead atoms. The number of ether oxygens (including phenoxy) is 1. The smallest absolute Gasteiger partial charge is 0.247 e. The van der Waals surface area contributed by atoms with Crippen LogP contribution in [0.3, 0.4) is 0 Å². The molecule has 3 aromatic rings. The zero-order valence-corrected chi connectivity index (χ0v) is 20.1. The van der Waals surface area contributed by atoms with Crippen LogP contribution in [0.25, 0.3) is 6.08 Å². The van der Waals surface area contributed by atoms with Crippen LogP contribution in [0, 0.1) is 11.8 Å². The molecule has 0 radical (unpaired) electrons. The first-order valence-electron chi connectivity index (χ1n) is 11.6. The predicted octanol–water partition coefficient (Wildman–Crippen LogP) is 4.38. The molecule has 6 rings (SSSR count). The number of fused-ring (bicyclic) bond motifs is 5. The second-order valence-electron chi connectivity index (χ2n) is 9.02. The first-order chi connectivity index (χ1) is 17.5. The second-order valence-corrected chi connectivity index (χ2v) is 9.45. The van der Waals surface area contributed by atoms with E-state index in [1.165, 1.54) is 4.90 Å². The number of carbonyl (C=O) groups is 3. The molecular weight excluding hydrogens is 478 g/mol. The monoisotopic (exact) mass is 499 g/mol. The van der Waals surface area contributed by atoms with Gasteiger partial charge in [-0.1, -0.05) is 42.0 Å². The van der Waals surface area contributed by atoms with E-state index in [2.05, 4.69) is 5.32 Å². The summed E-state index contributed by atoms with van der Waals surface area (Å²) >= 11 is 6.00. The van der Waals surface area contributed by atoms with Gasteiger partial charge in [-0.15, -0.1) is 0 Å². The minimum Gasteiger partial charge on any atom is -0.497 e. The van der Waals surface area contributed by atoms with Gasteiger partial charge in [-0.05, 0) is 60.2 Å². The van der Waals surface area contributed by atoms with Crippen LogP contribution in [-0.4, -0.2) is 36.9 Å². The largest absolute Gasteiger partial charge is 0.497 e. The number of para-hydroxylation sites is 1. The molecule has 1 N–H and O–H groups in total. The molecular formula is C28H22ClN3O4. The van der Waals surface area contributed by atoms with Crippen LogP contribution in [0.1, 0.15) is 5.56 Å². The SMILES string of the molecule is COc1ccc(N2C(=O)[C@@H]3[C@H](C2=O)[C@H](C(=O)Nc2ccc(Cl)cc2)N2c4ccccc4C=C[C@@H]32)cc1. The van der Waals surface area contributed by atoms with Gasteiger partial charge in [0.05, 0.1) is 30.7 Å². The lowest BCUT2D eigenvalue weighted by atomic mass is 9.88. The van der Waals surface area contributed by atoms with Crippen molar-refractivity contribution in [3.63, 3.8) is 0 Å². The van der Waals surface area contributed by atoms with E-state index >= 15 is 0 Å². The molecule has 2 fully saturated rings. The van der Waals surface area contributed by atoms with Crippen molar-refractivity contribution in [1.82, 2.24) is 0 Å². The van der Waals surface area contributed by atoms with E-state index in [0.717, 1.165) is 11.3 Å². The Kier molecular flexibility index (Phi) is 5.30. The fourth-order valence-electron chi connectivity index (χ4n) is 5.55. The third kappa shape index (κ3) is 3.38. The number of anilines is 3. The molecule has 3 aliphatic rings. The number of rotatable bonds is 4. The standard InChI is InChI=1S/C28H22ClN3O4/c1-36-20-13-11-19(12-14-20)31-27(34)23-22-15-6-16-4-2-3-5-21(16)32(22)25(24(23)28(31)35)26(33)30-18-9-7-17(29)8-10-18/h2-15,22-25H,1H3,(H,30,33)/t22-,23-,24-,25+/m0/s1. The van der Waals surface area contributed by atoms with Crippen LogP contribution in [-0.2, 0) is 14.4 Å². The first kappa shape index (κ1) is 22.4. The number of halogens is 1. The molecule has 8 heteroatoms. The highest BCUT2D eigenvalue weighted by atomic mass is 35.5. The molecule has 0 aliphatic carbocycles. The highest BCUT2D eigenvalue weighted by Gasteiger charge is 2.64. The van der Waals surface area contributed by atoms with Gasteiger partial charge in [0.2, 0.25) is 17.7 Å². The van der Waals surface area contributed by atoms with Gasteiger partial charge < -0.3 is 15.0 Å². The average molecular weight is 500 g/mol. The minimum absolute atomic E-state index is 0.309. The van der Waals surface area contributed by atoms with E-state index in [0.29, 0.717) is 22.1 Å². The molecule has 0 saturated carbocycles. The molecule has 7 nitrogen and oxygen atoms in total. The molecule has 36 heavy (non-hydrogen) atoms. The number of amides is 3. The van der Waals surface area contributed by atoms with Gasteiger partial charge >= 0.3 is 0 Å². The van der Waals surface area contributed by atoms with Gasteiger partial charge in [-0.2, -0.15) is 0 Å². The molecule has 4 atom stereocenters. The van der Waals surface area contributed by atoms with Gasteiger partial charge in [-0.25, -0.2) is 4.90 Å². The topological polar surface area (TPSA) is 78.9 Å². The van der Waals surface area contributed by atoms with E-state index in [9.17, 15) is 14.4 Å². The van der Waals surface area contributed by atoms with E-state index in [1.807, 2.05) is 41.3 Å². The second kappa shape index (κ2) is 8.53. The van der Waals surface area contributed by atoms with Crippen LogP contribution in [0.2, 0.25) is 5.02 Å². The zero-order valence-electron chi connectivity index (χ0n) is 19.3. The normalized spacial score (nSPS) is 23.8. The summed E-state index contributed by atoms with van der Waals surface area (Å²) < 4.78 is 5.21. The van der Waals surface area contributed by atoms with Crippen LogP contribution < -0.4 is 19.9 Å². The van der Waals surface area contributed by atoms with Crippen molar-refractivity contribution in [2.24, 2.45) is 11.8 Å². The Balaban J connectivity index is 1.42. The lowest BCUT2D eigenvalue weighted by Crippen LogP contribution is -2.50. The highest BCUT2D eigenvalue weighted by Crippen LogP contribution is 2.49. The Labute approximate surface area is 212 Å². The fourth-order valence-corrected chi connectivity index (χ4v) is 5.67. The Morgan fingerprint density at radius 3 is 2.33 bits per heavy atom. The van der Waals surface area contributed by atoms with Gasteiger partial charge in [0.1, 0.15) is 11.8 Å². The fraction of sp³-hybridized carbons (Fsp3) is 0.179. The number of hydrogen-bond acceptors (Lipinski definition) is 5. The number of nitrogens with one attached hydrogen (secondary N) is 1. The summed E-state index contributed by atoms with van der Waals surface area (Å²) in [4.78, 5) is 44.5. The molecule has 0 unspecified atom stereocenters. The molecule has 2 saturated heterocycles. The van der Waals surface area contributed by atoms with Gasteiger partial charge in [-0.3, -0.25) is 14.4 Å². The Morgan fingerprint density at radius 1 is 0.917 bits per heavy atom. The molecule has 3 heterocycles. The van der Waals surface area contributed by atoms with Crippen LogP contribution in [0.15, 0.2) is 78.9 Å². The Bertz CT molecular complexity index is 1400. The van der Waals surface area contributed by atoms with E-state index < -0.39 is 23.9 Å². The lowest BCUT2D eigenvalue weighted by molar-refractivity contribution is -0.126. The summed E-state index contributed by atoms with van der Waals surface area (Å²) in [5, 5.41) is 3.48. The Morgan fingerprint density at radius 2 is 1.61 bits per heavy atom. The number of carbonyl (C=O) groups excluding carboxylic acids is 3. The van der Waals surface area contributed by atoms with Crippen molar-refractivity contribution < 1.29 is 19.1 Å². The number of hydrogen-bond donors (Lipinski definition) is 1. The minimum atomic E-state index is -0.874. The van der Waals surface area contributed by atoms with Crippen LogP contribution >= 0.6 is 11.6 Å². The van der Waals surface area contributed by atoms with Gasteiger partial charge in [0.25, 0.3) is 0 Å². The quantitative estimate of drug-likeness (QED) is 0.539. The maximum Gasteiger partial charge on any atom is 0.247 e. The van der Waals surface area contributed by atoms with Crippen molar-refractivity contribution in [2.75, 3.05) is 22.2 Å². The number of imide groups is 1. The third-order valence-electron chi connectivity index (χ3n) is 7.13. The van der Waals surface area contributed by atoms with Crippen LogP contribution in [0.4, 0.5) is 17.1 Å². The molecule has 3 aliphatic heterocycles. The number of methoxy groups -OCH3 is 1. The van der Waals surface area contributed by atoms with Crippen molar-refractivity contribution in [1.29, 1.82) is 0 Å². The van der Waals surface area contributed by atoms with Crippen molar-refractivity contribution in [2.45, 2.75) is 12.1 Å². The Hall–Kier alpha value is -4.10. The summed E-state index contributed by atoms with van der Waals surface area (Å²) in [6.45, 7) is 0. The van der Waals surface area contributed by atoms with E-state index in [4.69, 9.17) is 16.3 Å². The van der Waals surface area contributed by atoms with E-state index in [-0.39, 0.29) is 17.7 Å². The maximum atomic E-state index is 13.8. The average Bonchev–Trinajstić information content (AvgIpc) is 3.38. The first-order valence-corrected chi connectivity index (χ1v) is 12.0. The maximum absolute atomic E-state index is 13.8. The number of nitrogens with zero attached hydrogens (tertiary/aromatic N) is 2. The molecule has 0 aromatic heterocycles. The van der Waals surface area contributed by atoms with E-state index in [1.54, 1.807) is 55.6 Å². The zero-order chi connectivity index (χ0) is 25.0. The molecule has 3 amide bonds. The van der Waals surface area contributed by atoms with Crippen molar-refractivity contribution in [3.8, 4) is 5.75 Å². The lowest BCUT2D eigenvalue weighted by Gasteiger charge is -2.36. The third-order valence-corrected chi connectivity index (χ3v) is 7.38. The predicted molar refractivity (Wildman–Crippen MR) is 138 cm³/mol. The molecule has 0 spiro atoms.